The summed E-state index contributed by atoms with van der Waals surface area (Å²) in [6, 6.07) is 8.39. The summed E-state index contributed by atoms with van der Waals surface area (Å²) < 4.78 is 11.7. The lowest BCUT2D eigenvalue weighted by atomic mass is 9.61. The number of benzene rings is 1. The van der Waals surface area contributed by atoms with E-state index in [1.165, 1.54) is 5.56 Å². The van der Waals surface area contributed by atoms with Gasteiger partial charge in [0.1, 0.15) is 17.8 Å². The predicted molar refractivity (Wildman–Crippen MR) is 128 cm³/mol. The summed E-state index contributed by atoms with van der Waals surface area (Å²) >= 11 is 0. The molecule has 1 N–H and O–H groups in total. The molecule has 0 saturated carbocycles. The SMILES string of the molecule is CCOC1=CC=CC(CC=O)C1(CCCNCCCc1cccc(OCC)c1)C(C)C. The zero-order valence-electron chi connectivity index (χ0n) is 19.9. The van der Waals surface area contributed by atoms with Crippen LogP contribution in [0.15, 0.2) is 48.3 Å². The van der Waals surface area contributed by atoms with Crippen LogP contribution < -0.4 is 10.1 Å². The highest BCUT2D eigenvalue weighted by molar-refractivity contribution is 5.51. The first kappa shape index (κ1) is 25.2. The zero-order chi connectivity index (χ0) is 22.5. The summed E-state index contributed by atoms with van der Waals surface area (Å²) in [6.07, 6.45) is 12.2. The number of carbonyl (C=O) groups excluding carboxylic acids is 1. The Hall–Kier alpha value is -2.07. The van der Waals surface area contributed by atoms with Gasteiger partial charge in [0.15, 0.2) is 0 Å². The number of ether oxygens (including phenoxy) is 2. The van der Waals surface area contributed by atoms with Crippen LogP contribution in [0.2, 0.25) is 0 Å². The molecule has 4 nitrogen and oxygen atoms in total. The Morgan fingerprint density at radius 2 is 1.90 bits per heavy atom. The lowest BCUT2D eigenvalue weighted by molar-refractivity contribution is -0.109. The Morgan fingerprint density at radius 1 is 1.13 bits per heavy atom. The van der Waals surface area contributed by atoms with Gasteiger partial charge >= 0.3 is 0 Å². The summed E-state index contributed by atoms with van der Waals surface area (Å²) in [5, 5.41) is 3.61. The molecule has 172 valence electrons. The Kier molecular flexibility index (Phi) is 10.9. The van der Waals surface area contributed by atoms with Crippen LogP contribution in [0.1, 0.15) is 58.9 Å². The molecule has 0 heterocycles. The van der Waals surface area contributed by atoms with Crippen LogP contribution in [0.4, 0.5) is 0 Å². The van der Waals surface area contributed by atoms with E-state index in [0.29, 0.717) is 25.6 Å². The summed E-state index contributed by atoms with van der Waals surface area (Å²) in [4.78, 5) is 11.4. The van der Waals surface area contributed by atoms with Gasteiger partial charge in [0, 0.05) is 11.8 Å². The van der Waals surface area contributed by atoms with Gasteiger partial charge in [0.25, 0.3) is 0 Å². The van der Waals surface area contributed by atoms with Gasteiger partial charge < -0.3 is 19.6 Å². The minimum Gasteiger partial charge on any atom is -0.498 e. The molecule has 31 heavy (non-hydrogen) atoms. The molecular formula is C27H41NO3. The molecule has 0 radical (unpaired) electrons. The number of rotatable bonds is 15. The van der Waals surface area contributed by atoms with Crippen LogP contribution in [0.25, 0.3) is 0 Å². The normalized spacial score (nSPS) is 20.5. The van der Waals surface area contributed by atoms with Crippen molar-refractivity contribution in [2.24, 2.45) is 17.3 Å². The van der Waals surface area contributed by atoms with E-state index in [1.54, 1.807) is 0 Å². The summed E-state index contributed by atoms with van der Waals surface area (Å²) in [5.74, 6) is 2.61. The number of aryl methyl sites for hydroxylation is 1. The van der Waals surface area contributed by atoms with Gasteiger partial charge in [-0.05, 0) is 88.2 Å². The minimum atomic E-state index is -0.104. The van der Waals surface area contributed by atoms with E-state index in [2.05, 4.69) is 55.6 Å². The van der Waals surface area contributed by atoms with Crippen molar-refractivity contribution in [2.45, 2.75) is 59.8 Å². The molecule has 1 aromatic carbocycles. The standard InChI is InChI=1S/C27H41NO3/c1-5-30-25-14-7-11-23(21-25)12-9-18-28-19-10-17-27(22(3)4)24(16-20-29)13-8-15-26(27)31-6-2/h7-8,11,13-15,20-22,24,28H,5-6,9-10,12,16-19H2,1-4H3. The van der Waals surface area contributed by atoms with Crippen LogP contribution in [0, 0.1) is 17.3 Å². The molecule has 2 atom stereocenters. The van der Waals surface area contributed by atoms with Crippen molar-refractivity contribution in [3.63, 3.8) is 0 Å². The van der Waals surface area contributed by atoms with E-state index >= 15 is 0 Å². The molecule has 2 unspecified atom stereocenters. The smallest absolute Gasteiger partial charge is 0.120 e. The van der Waals surface area contributed by atoms with E-state index in [0.717, 1.165) is 56.6 Å². The molecule has 0 bridgehead atoms. The van der Waals surface area contributed by atoms with Crippen LogP contribution >= 0.6 is 0 Å². The molecule has 0 aromatic heterocycles. The number of hydrogen-bond donors (Lipinski definition) is 1. The van der Waals surface area contributed by atoms with Crippen molar-refractivity contribution < 1.29 is 14.3 Å². The predicted octanol–water partition coefficient (Wildman–Crippen LogP) is 5.73. The largest absolute Gasteiger partial charge is 0.498 e. The molecule has 1 aliphatic carbocycles. The molecule has 0 spiro atoms. The molecule has 1 aliphatic rings. The highest BCUT2D eigenvalue weighted by atomic mass is 16.5. The lowest BCUT2D eigenvalue weighted by Gasteiger charge is -2.45. The summed E-state index contributed by atoms with van der Waals surface area (Å²) in [6.45, 7) is 11.9. The summed E-state index contributed by atoms with van der Waals surface area (Å²) in [5.41, 5.74) is 1.22. The fourth-order valence-electron chi connectivity index (χ4n) is 4.83. The highest BCUT2D eigenvalue weighted by Crippen LogP contribution is 2.50. The van der Waals surface area contributed by atoms with Gasteiger partial charge in [-0.2, -0.15) is 0 Å². The van der Waals surface area contributed by atoms with Crippen molar-refractivity contribution in [3.8, 4) is 5.75 Å². The zero-order valence-corrected chi connectivity index (χ0v) is 19.9. The Morgan fingerprint density at radius 3 is 2.61 bits per heavy atom. The number of carbonyl (C=O) groups is 1. The van der Waals surface area contributed by atoms with Crippen LogP contribution in [0.3, 0.4) is 0 Å². The Balaban J connectivity index is 1.84. The van der Waals surface area contributed by atoms with E-state index in [9.17, 15) is 4.79 Å². The van der Waals surface area contributed by atoms with Crippen LogP contribution in [-0.2, 0) is 16.0 Å². The molecule has 0 saturated heterocycles. The average Bonchev–Trinajstić information content (AvgIpc) is 2.75. The first-order valence-electron chi connectivity index (χ1n) is 12.0. The van der Waals surface area contributed by atoms with Gasteiger partial charge in [-0.1, -0.05) is 38.1 Å². The first-order chi connectivity index (χ1) is 15.1. The molecule has 1 aromatic rings. The molecule has 4 heteroatoms. The molecule has 0 aliphatic heterocycles. The van der Waals surface area contributed by atoms with Crippen molar-refractivity contribution >= 4 is 6.29 Å². The third-order valence-corrected chi connectivity index (χ3v) is 6.36. The Labute approximate surface area is 189 Å². The Bertz CT molecular complexity index is 725. The van der Waals surface area contributed by atoms with Crippen LogP contribution in [-0.4, -0.2) is 32.6 Å². The number of aldehydes is 1. The molecule has 2 rings (SSSR count). The van der Waals surface area contributed by atoms with Crippen molar-refractivity contribution in [3.05, 3.63) is 53.8 Å². The average molecular weight is 428 g/mol. The second kappa shape index (κ2) is 13.4. The highest BCUT2D eigenvalue weighted by Gasteiger charge is 2.45. The van der Waals surface area contributed by atoms with Gasteiger partial charge in [-0.25, -0.2) is 0 Å². The van der Waals surface area contributed by atoms with Gasteiger partial charge in [0.2, 0.25) is 0 Å². The lowest BCUT2D eigenvalue weighted by Crippen LogP contribution is -2.40. The third kappa shape index (κ3) is 6.96. The van der Waals surface area contributed by atoms with Crippen LogP contribution in [0.5, 0.6) is 5.75 Å². The van der Waals surface area contributed by atoms with Gasteiger partial charge in [-0.3, -0.25) is 0 Å². The van der Waals surface area contributed by atoms with Gasteiger partial charge in [0.05, 0.1) is 13.2 Å². The second-order valence-corrected chi connectivity index (χ2v) is 8.59. The van der Waals surface area contributed by atoms with E-state index in [-0.39, 0.29) is 11.3 Å². The van der Waals surface area contributed by atoms with Crippen molar-refractivity contribution in [1.82, 2.24) is 5.32 Å². The van der Waals surface area contributed by atoms with Crippen molar-refractivity contribution in [2.75, 3.05) is 26.3 Å². The first-order valence-corrected chi connectivity index (χ1v) is 12.0. The fourth-order valence-corrected chi connectivity index (χ4v) is 4.83. The number of allylic oxidation sites excluding steroid dienone is 4. The van der Waals surface area contributed by atoms with Gasteiger partial charge in [-0.15, -0.1) is 0 Å². The quantitative estimate of drug-likeness (QED) is 0.287. The second-order valence-electron chi connectivity index (χ2n) is 8.59. The maximum absolute atomic E-state index is 11.4. The number of hydrogen-bond acceptors (Lipinski definition) is 4. The number of nitrogens with one attached hydrogen (secondary N) is 1. The monoisotopic (exact) mass is 427 g/mol. The molecule has 0 fully saturated rings. The third-order valence-electron chi connectivity index (χ3n) is 6.36. The maximum Gasteiger partial charge on any atom is 0.120 e. The topological polar surface area (TPSA) is 47.6 Å². The van der Waals surface area contributed by atoms with E-state index in [1.807, 2.05) is 19.9 Å². The molecule has 0 amide bonds. The van der Waals surface area contributed by atoms with Crippen molar-refractivity contribution in [1.29, 1.82) is 0 Å². The maximum atomic E-state index is 11.4. The van der Waals surface area contributed by atoms with E-state index < -0.39 is 0 Å². The minimum absolute atomic E-state index is 0.104. The molecular weight excluding hydrogens is 386 g/mol. The fraction of sp³-hybridized carbons (Fsp3) is 0.593. The summed E-state index contributed by atoms with van der Waals surface area (Å²) in [7, 11) is 0. The van der Waals surface area contributed by atoms with E-state index in [4.69, 9.17) is 9.47 Å².